The van der Waals surface area contributed by atoms with Gasteiger partial charge in [0.25, 0.3) is 0 Å². The van der Waals surface area contributed by atoms with E-state index in [9.17, 15) is 0 Å². The van der Waals surface area contributed by atoms with Gasteiger partial charge in [0.05, 0.1) is 12.7 Å². The lowest BCUT2D eigenvalue weighted by Crippen LogP contribution is -2.34. The highest BCUT2D eigenvalue weighted by molar-refractivity contribution is 4.61. The van der Waals surface area contributed by atoms with Crippen LogP contribution in [0.3, 0.4) is 0 Å². The average Bonchev–Trinajstić information content (AvgIpc) is 2.03. The van der Waals surface area contributed by atoms with Crippen molar-refractivity contribution in [3.63, 3.8) is 0 Å². The highest BCUT2D eigenvalue weighted by atomic mass is 16.3. The molecule has 0 radical (unpaired) electrons. The van der Waals surface area contributed by atoms with E-state index in [1.807, 2.05) is 0 Å². The lowest BCUT2D eigenvalue weighted by molar-refractivity contribution is 0.0607. The number of aliphatic hydroxyl groups is 2. The van der Waals surface area contributed by atoms with Crippen LogP contribution in [0.25, 0.3) is 0 Å². The molecule has 3 nitrogen and oxygen atoms in total. The van der Waals surface area contributed by atoms with Gasteiger partial charge >= 0.3 is 0 Å². The highest BCUT2D eigenvalue weighted by Gasteiger charge is 2.07. The van der Waals surface area contributed by atoms with Gasteiger partial charge in [0, 0.05) is 6.54 Å². The summed E-state index contributed by atoms with van der Waals surface area (Å²) in [5, 5.41) is 17.7. The van der Waals surface area contributed by atoms with Crippen molar-refractivity contribution in [2.45, 2.75) is 26.4 Å². The predicted octanol–water partition coefficient (Wildman–Crippen LogP) is 0.0715. The second-order valence-corrected chi connectivity index (χ2v) is 2.73. The van der Waals surface area contributed by atoms with E-state index in [-0.39, 0.29) is 6.61 Å². The van der Waals surface area contributed by atoms with Gasteiger partial charge in [-0.2, -0.15) is 0 Å². The molecule has 0 aromatic carbocycles. The van der Waals surface area contributed by atoms with Crippen LogP contribution >= 0.6 is 0 Å². The molecule has 0 aliphatic rings. The molecule has 0 aromatic heterocycles. The maximum absolute atomic E-state index is 9.09. The van der Waals surface area contributed by atoms with Gasteiger partial charge in [-0.15, -0.1) is 0 Å². The molecule has 68 valence electrons. The van der Waals surface area contributed by atoms with Crippen molar-refractivity contribution in [3.05, 3.63) is 0 Å². The van der Waals surface area contributed by atoms with E-state index in [1.165, 1.54) is 0 Å². The first-order chi connectivity index (χ1) is 5.24. The molecule has 0 spiro atoms. The van der Waals surface area contributed by atoms with Crippen molar-refractivity contribution in [1.82, 2.24) is 4.90 Å². The summed E-state index contributed by atoms with van der Waals surface area (Å²) in [5.74, 6) is 0. The van der Waals surface area contributed by atoms with Gasteiger partial charge < -0.3 is 15.1 Å². The highest BCUT2D eigenvalue weighted by Crippen LogP contribution is 1.93. The normalized spacial score (nSPS) is 13.9. The predicted molar refractivity (Wildman–Crippen MR) is 45.5 cm³/mol. The van der Waals surface area contributed by atoms with Crippen LogP contribution in [0.1, 0.15) is 20.3 Å². The summed E-state index contributed by atoms with van der Waals surface area (Å²) in [6.45, 7) is 6.53. The monoisotopic (exact) mass is 161 g/mol. The Balaban J connectivity index is 3.49. The van der Waals surface area contributed by atoms with Crippen molar-refractivity contribution in [2.24, 2.45) is 0 Å². The molecule has 11 heavy (non-hydrogen) atoms. The van der Waals surface area contributed by atoms with E-state index in [4.69, 9.17) is 10.2 Å². The minimum absolute atomic E-state index is 0.139. The van der Waals surface area contributed by atoms with Crippen molar-refractivity contribution in [3.8, 4) is 0 Å². The molecule has 0 aliphatic carbocycles. The SMILES string of the molecule is CCCN(CC)C[C@H](O)CO. The standard InChI is InChI=1S/C8H19NO2/c1-3-5-9(4-2)6-8(11)7-10/h8,10-11H,3-7H2,1-2H3/t8-/m0/s1. The molecule has 0 rings (SSSR count). The smallest absolute Gasteiger partial charge is 0.0897 e. The van der Waals surface area contributed by atoms with Crippen LogP contribution in [0.4, 0.5) is 0 Å². The maximum atomic E-state index is 9.09. The Morgan fingerprint density at radius 2 is 2.00 bits per heavy atom. The molecule has 1 atom stereocenters. The van der Waals surface area contributed by atoms with Crippen LogP contribution in [0.2, 0.25) is 0 Å². The Labute approximate surface area is 68.6 Å². The van der Waals surface area contributed by atoms with Crippen molar-refractivity contribution >= 4 is 0 Å². The van der Waals surface area contributed by atoms with Crippen LogP contribution in [0, 0.1) is 0 Å². The Bertz CT molecular complexity index is 88.2. The molecular weight excluding hydrogens is 142 g/mol. The number of rotatable bonds is 6. The Kier molecular flexibility index (Phi) is 6.51. The van der Waals surface area contributed by atoms with Gasteiger partial charge in [0.15, 0.2) is 0 Å². The summed E-state index contributed by atoms with van der Waals surface area (Å²) in [6.07, 6.45) is 0.507. The largest absolute Gasteiger partial charge is 0.394 e. The molecule has 0 fully saturated rings. The molecule has 0 amide bonds. The van der Waals surface area contributed by atoms with E-state index in [1.54, 1.807) is 0 Å². The summed E-state index contributed by atoms with van der Waals surface area (Å²) < 4.78 is 0. The van der Waals surface area contributed by atoms with Crippen LogP contribution in [0.15, 0.2) is 0 Å². The van der Waals surface area contributed by atoms with Gasteiger partial charge in [-0.3, -0.25) is 0 Å². The number of likely N-dealkylation sites (N-methyl/N-ethyl adjacent to an activating group) is 1. The number of nitrogens with zero attached hydrogens (tertiary/aromatic N) is 1. The van der Waals surface area contributed by atoms with Crippen molar-refractivity contribution in [1.29, 1.82) is 0 Å². The molecule has 2 N–H and O–H groups in total. The van der Waals surface area contributed by atoms with Crippen LogP contribution in [-0.2, 0) is 0 Å². The van der Waals surface area contributed by atoms with Gasteiger partial charge in [0.2, 0.25) is 0 Å². The first-order valence-electron chi connectivity index (χ1n) is 4.25. The van der Waals surface area contributed by atoms with Gasteiger partial charge in [-0.1, -0.05) is 13.8 Å². The number of hydrogen-bond donors (Lipinski definition) is 2. The van der Waals surface area contributed by atoms with Crippen LogP contribution in [0.5, 0.6) is 0 Å². The number of hydrogen-bond acceptors (Lipinski definition) is 3. The zero-order valence-corrected chi connectivity index (χ0v) is 7.45. The lowest BCUT2D eigenvalue weighted by Gasteiger charge is -2.21. The second kappa shape index (κ2) is 6.58. The van der Waals surface area contributed by atoms with Crippen LogP contribution < -0.4 is 0 Å². The molecule has 0 saturated carbocycles. The van der Waals surface area contributed by atoms with Gasteiger partial charge in [-0.05, 0) is 19.5 Å². The molecule has 0 aromatic rings. The summed E-state index contributed by atoms with van der Waals surface area (Å²) in [7, 11) is 0. The van der Waals surface area contributed by atoms with E-state index in [0.717, 1.165) is 19.5 Å². The van der Waals surface area contributed by atoms with Crippen molar-refractivity contribution < 1.29 is 10.2 Å². The molecule has 0 aliphatic heterocycles. The molecule has 0 heterocycles. The first kappa shape index (κ1) is 10.9. The second-order valence-electron chi connectivity index (χ2n) is 2.73. The third-order valence-corrected chi connectivity index (χ3v) is 1.67. The Morgan fingerprint density at radius 3 is 2.36 bits per heavy atom. The molecule has 0 bridgehead atoms. The molecular formula is C8H19NO2. The summed E-state index contributed by atoms with van der Waals surface area (Å²) in [6, 6.07) is 0. The first-order valence-corrected chi connectivity index (χ1v) is 4.25. The Morgan fingerprint density at radius 1 is 1.36 bits per heavy atom. The third kappa shape index (κ3) is 5.18. The van der Waals surface area contributed by atoms with E-state index in [2.05, 4.69) is 18.7 Å². The fourth-order valence-electron chi connectivity index (χ4n) is 1.05. The third-order valence-electron chi connectivity index (χ3n) is 1.67. The zero-order valence-electron chi connectivity index (χ0n) is 7.45. The Hall–Kier alpha value is -0.120. The molecule has 0 saturated heterocycles. The molecule has 0 unspecified atom stereocenters. The topological polar surface area (TPSA) is 43.7 Å². The number of aliphatic hydroxyl groups excluding tert-OH is 2. The fourth-order valence-corrected chi connectivity index (χ4v) is 1.05. The van der Waals surface area contributed by atoms with E-state index < -0.39 is 6.10 Å². The maximum Gasteiger partial charge on any atom is 0.0897 e. The summed E-state index contributed by atoms with van der Waals surface area (Å²) in [4.78, 5) is 2.13. The summed E-state index contributed by atoms with van der Waals surface area (Å²) in [5.41, 5.74) is 0. The van der Waals surface area contributed by atoms with E-state index in [0.29, 0.717) is 6.54 Å². The minimum Gasteiger partial charge on any atom is -0.394 e. The van der Waals surface area contributed by atoms with Gasteiger partial charge in [0.1, 0.15) is 0 Å². The van der Waals surface area contributed by atoms with Crippen LogP contribution in [-0.4, -0.2) is 47.5 Å². The molecule has 3 heteroatoms. The fraction of sp³-hybridized carbons (Fsp3) is 1.00. The average molecular weight is 161 g/mol. The van der Waals surface area contributed by atoms with Gasteiger partial charge in [-0.25, -0.2) is 0 Å². The quantitative estimate of drug-likeness (QED) is 0.579. The summed E-state index contributed by atoms with van der Waals surface area (Å²) >= 11 is 0. The van der Waals surface area contributed by atoms with Crippen molar-refractivity contribution in [2.75, 3.05) is 26.2 Å². The zero-order chi connectivity index (χ0) is 8.69. The lowest BCUT2D eigenvalue weighted by atomic mass is 10.3. The minimum atomic E-state index is -0.582. The van der Waals surface area contributed by atoms with E-state index >= 15 is 0 Å².